The Hall–Kier alpha value is -1.85. The van der Waals surface area contributed by atoms with Crippen LogP contribution in [0.4, 0.5) is 5.69 Å². The van der Waals surface area contributed by atoms with E-state index in [1.807, 2.05) is 12.2 Å². The number of anilines is 1. The summed E-state index contributed by atoms with van der Waals surface area (Å²) in [5.74, 6) is -1.59. The second kappa shape index (κ2) is 4.57. The molecular formula is C16H14ClNO4. The van der Waals surface area contributed by atoms with Crippen LogP contribution in [0.15, 0.2) is 36.4 Å². The monoisotopic (exact) mass is 319 g/mol. The molecule has 3 heterocycles. The van der Waals surface area contributed by atoms with Crippen LogP contribution in [0.2, 0.25) is 5.02 Å². The molecule has 0 saturated carbocycles. The lowest BCUT2D eigenvalue weighted by molar-refractivity contribution is -0.149. The minimum absolute atomic E-state index is 0.107. The van der Waals surface area contributed by atoms with Gasteiger partial charge in [0.1, 0.15) is 11.5 Å². The summed E-state index contributed by atoms with van der Waals surface area (Å²) in [6.07, 6.45) is 3.40. The van der Waals surface area contributed by atoms with Crippen LogP contribution in [-0.2, 0) is 19.1 Å². The van der Waals surface area contributed by atoms with Crippen molar-refractivity contribution in [3.05, 3.63) is 41.4 Å². The highest BCUT2D eigenvalue weighted by molar-refractivity contribution is 6.30. The summed E-state index contributed by atoms with van der Waals surface area (Å²) in [7, 11) is 1.33. The van der Waals surface area contributed by atoms with E-state index in [0.29, 0.717) is 11.6 Å². The van der Waals surface area contributed by atoms with E-state index in [9.17, 15) is 9.59 Å². The number of halogens is 1. The summed E-state index contributed by atoms with van der Waals surface area (Å²) in [5, 5.41) is 0.610. The third-order valence-electron chi connectivity index (χ3n) is 4.71. The number of amides is 1. The minimum Gasteiger partial charge on any atom is -0.469 e. The summed E-state index contributed by atoms with van der Waals surface area (Å²) in [6, 6.07) is 7.06. The number of fused-ring (bicyclic) bond motifs is 1. The number of nitrogens with zero attached hydrogens (tertiary/aromatic N) is 1. The Morgan fingerprint density at radius 3 is 2.82 bits per heavy atom. The van der Waals surface area contributed by atoms with Crippen molar-refractivity contribution in [1.29, 1.82) is 0 Å². The van der Waals surface area contributed by atoms with Crippen LogP contribution >= 0.6 is 11.6 Å². The summed E-state index contributed by atoms with van der Waals surface area (Å²) >= 11 is 5.89. The molecule has 2 fully saturated rings. The lowest BCUT2D eigenvalue weighted by Crippen LogP contribution is -2.39. The lowest BCUT2D eigenvalue weighted by atomic mass is 9.77. The zero-order valence-electron chi connectivity index (χ0n) is 11.9. The van der Waals surface area contributed by atoms with E-state index < -0.39 is 23.4 Å². The summed E-state index contributed by atoms with van der Waals surface area (Å²) in [5.41, 5.74) is 0.0301. The van der Waals surface area contributed by atoms with Crippen molar-refractivity contribution in [3.8, 4) is 0 Å². The molecule has 22 heavy (non-hydrogen) atoms. The topological polar surface area (TPSA) is 55.8 Å². The fourth-order valence-corrected chi connectivity index (χ4v) is 3.87. The average Bonchev–Trinajstić information content (AvgIpc) is 3.16. The maximum atomic E-state index is 12.9. The highest BCUT2D eigenvalue weighted by Crippen LogP contribution is 2.52. The number of rotatable bonds is 2. The van der Waals surface area contributed by atoms with Gasteiger partial charge in [0.25, 0.3) is 0 Å². The standard InChI is InChI=1S/C16H14ClNO4/c1-21-15(20)12-11-6-7-16(22-11)8-18(14(19)13(12)16)10-4-2-9(17)3-5-10/h2-7,11-13H,8H2,1H3/t11-,12?,13-,16?/m1/s1. The van der Waals surface area contributed by atoms with Gasteiger partial charge in [-0.1, -0.05) is 23.8 Å². The van der Waals surface area contributed by atoms with Gasteiger partial charge >= 0.3 is 5.97 Å². The second-order valence-electron chi connectivity index (χ2n) is 5.82. The third-order valence-corrected chi connectivity index (χ3v) is 4.96. The van der Waals surface area contributed by atoms with Gasteiger partial charge in [0.05, 0.1) is 25.7 Å². The van der Waals surface area contributed by atoms with Crippen molar-refractivity contribution in [3.63, 3.8) is 0 Å². The Labute approximate surface area is 132 Å². The first-order chi connectivity index (χ1) is 10.6. The molecule has 2 saturated heterocycles. The first-order valence-corrected chi connectivity index (χ1v) is 7.45. The molecule has 1 spiro atoms. The molecule has 1 aromatic carbocycles. The van der Waals surface area contributed by atoms with E-state index in [4.69, 9.17) is 21.1 Å². The average molecular weight is 320 g/mol. The number of hydrogen-bond donors (Lipinski definition) is 0. The number of carbonyl (C=O) groups excluding carboxylic acids is 2. The van der Waals surface area contributed by atoms with Gasteiger partial charge in [-0.25, -0.2) is 0 Å². The molecular weight excluding hydrogens is 306 g/mol. The fourth-order valence-electron chi connectivity index (χ4n) is 3.74. The highest BCUT2D eigenvalue weighted by atomic mass is 35.5. The van der Waals surface area contributed by atoms with Crippen molar-refractivity contribution in [1.82, 2.24) is 0 Å². The maximum absolute atomic E-state index is 12.9. The van der Waals surface area contributed by atoms with E-state index in [0.717, 1.165) is 5.69 Å². The van der Waals surface area contributed by atoms with Crippen LogP contribution in [0.3, 0.4) is 0 Å². The molecule has 2 bridgehead atoms. The molecule has 4 atom stereocenters. The Morgan fingerprint density at radius 1 is 1.41 bits per heavy atom. The first kappa shape index (κ1) is 13.8. The number of benzene rings is 1. The van der Waals surface area contributed by atoms with Gasteiger partial charge in [0, 0.05) is 10.7 Å². The van der Waals surface area contributed by atoms with E-state index in [1.165, 1.54) is 7.11 Å². The van der Waals surface area contributed by atoms with E-state index in [1.54, 1.807) is 29.2 Å². The van der Waals surface area contributed by atoms with Crippen molar-refractivity contribution >= 4 is 29.2 Å². The van der Waals surface area contributed by atoms with Gasteiger partial charge in [0.15, 0.2) is 0 Å². The zero-order chi connectivity index (χ0) is 15.5. The molecule has 0 N–H and O–H groups in total. The summed E-state index contributed by atoms with van der Waals surface area (Å²) < 4.78 is 10.8. The van der Waals surface area contributed by atoms with Gasteiger partial charge in [0.2, 0.25) is 5.91 Å². The number of hydrogen-bond acceptors (Lipinski definition) is 4. The molecule has 6 heteroatoms. The molecule has 4 rings (SSSR count). The third kappa shape index (κ3) is 1.69. The van der Waals surface area contributed by atoms with Gasteiger partial charge in [-0.2, -0.15) is 0 Å². The minimum atomic E-state index is -0.722. The molecule has 1 amide bonds. The Morgan fingerprint density at radius 2 is 2.14 bits per heavy atom. The quantitative estimate of drug-likeness (QED) is 0.616. The van der Waals surface area contributed by atoms with Crippen molar-refractivity contribution < 1.29 is 19.1 Å². The number of methoxy groups -OCH3 is 1. The maximum Gasteiger partial charge on any atom is 0.312 e. The zero-order valence-corrected chi connectivity index (χ0v) is 12.6. The van der Waals surface area contributed by atoms with Crippen molar-refractivity contribution in [2.24, 2.45) is 11.8 Å². The van der Waals surface area contributed by atoms with Crippen LogP contribution < -0.4 is 4.90 Å². The molecule has 114 valence electrons. The molecule has 1 aromatic rings. The molecule has 2 unspecified atom stereocenters. The predicted molar refractivity (Wildman–Crippen MR) is 79.5 cm³/mol. The Balaban J connectivity index is 1.71. The largest absolute Gasteiger partial charge is 0.469 e. The fraction of sp³-hybridized carbons (Fsp3) is 0.375. The second-order valence-corrected chi connectivity index (χ2v) is 6.26. The molecule has 0 aromatic heterocycles. The summed E-state index contributed by atoms with van der Waals surface area (Å²) in [4.78, 5) is 26.6. The molecule has 3 aliphatic heterocycles. The van der Waals surface area contributed by atoms with Crippen LogP contribution in [0.25, 0.3) is 0 Å². The Bertz CT molecular complexity index is 686. The van der Waals surface area contributed by atoms with Crippen LogP contribution in [0.1, 0.15) is 0 Å². The van der Waals surface area contributed by atoms with E-state index in [2.05, 4.69) is 0 Å². The predicted octanol–water partition coefficient (Wildman–Crippen LogP) is 1.80. The van der Waals surface area contributed by atoms with E-state index >= 15 is 0 Å². The smallest absolute Gasteiger partial charge is 0.312 e. The SMILES string of the molecule is COC(=O)C1[C@H]2C=CC3(CN(c4ccc(Cl)cc4)C(=O)[C@@H]13)O2. The lowest BCUT2D eigenvalue weighted by Gasteiger charge is -2.22. The number of ether oxygens (including phenoxy) is 2. The van der Waals surface area contributed by atoms with Crippen LogP contribution in [0.5, 0.6) is 0 Å². The normalized spacial score (nSPS) is 35.1. The Kier molecular flexibility index (Phi) is 2.86. The van der Waals surface area contributed by atoms with Gasteiger partial charge < -0.3 is 14.4 Å². The molecule has 0 radical (unpaired) electrons. The molecule has 5 nitrogen and oxygen atoms in total. The van der Waals surface area contributed by atoms with Gasteiger partial charge in [-0.15, -0.1) is 0 Å². The number of esters is 1. The van der Waals surface area contributed by atoms with Crippen LogP contribution in [-0.4, -0.2) is 37.2 Å². The van der Waals surface area contributed by atoms with Crippen molar-refractivity contribution in [2.45, 2.75) is 11.7 Å². The van der Waals surface area contributed by atoms with E-state index in [-0.39, 0.29) is 12.0 Å². The van der Waals surface area contributed by atoms with Crippen molar-refractivity contribution in [2.75, 3.05) is 18.6 Å². The molecule has 3 aliphatic rings. The highest BCUT2D eigenvalue weighted by Gasteiger charge is 2.67. The molecule has 0 aliphatic carbocycles. The summed E-state index contributed by atoms with van der Waals surface area (Å²) in [6.45, 7) is 0.401. The first-order valence-electron chi connectivity index (χ1n) is 7.08. The van der Waals surface area contributed by atoms with Crippen LogP contribution in [0, 0.1) is 11.8 Å². The number of carbonyl (C=O) groups is 2. The van der Waals surface area contributed by atoms with Gasteiger partial charge in [-0.3, -0.25) is 9.59 Å². The van der Waals surface area contributed by atoms with Gasteiger partial charge in [-0.05, 0) is 24.3 Å².